The maximum Gasteiger partial charge on any atom is 0.346 e. The van der Waals surface area contributed by atoms with Gasteiger partial charge in [-0.25, -0.2) is 13.9 Å². The average molecular weight is 389 g/mol. The Morgan fingerprint density at radius 3 is 2.84 bits per heavy atom. The van der Waals surface area contributed by atoms with Crippen LogP contribution in [0.4, 0.5) is 4.39 Å². The van der Waals surface area contributed by atoms with Gasteiger partial charge in [-0.05, 0) is 44.9 Å². The number of hydrogen-bond donors (Lipinski definition) is 1. The van der Waals surface area contributed by atoms with E-state index in [1.54, 1.807) is 10.6 Å². The van der Waals surface area contributed by atoms with E-state index >= 15 is 0 Å². The fourth-order valence-electron chi connectivity index (χ4n) is 3.24. The molecule has 0 spiro atoms. The lowest BCUT2D eigenvalue weighted by molar-refractivity contribution is 0.431. The molecule has 138 valence electrons. The van der Waals surface area contributed by atoms with Crippen LogP contribution in [-0.2, 0) is 13.1 Å². The maximum absolute atomic E-state index is 14.1. The van der Waals surface area contributed by atoms with E-state index < -0.39 is 5.82 Å². The lowest BCUT2D eigenvalue weighted by Crippen LogP contribution is -2.31. The first-order valence-corrected chi connectivity index (χ1v) is 8.72. The first-order chi connectivity index (χ1) is 11.5. The van der Waals surface area contributed by atoms with Gasteiger partial charge in [0.05, 0.1) is 11.6 Å². The third kappa shape index (κ3) is 3.91. The molecular formula is C17H23Cl2FN4O. The first-order valence-electron chi connectivity index (χ1n) is 8.34. The molecule has 1 aromatic heterocycles. The van der Waals surface area contributed by atoms with Crippen LogP contribution < -0.4 is 11.0 Å². The van der Waals surface area contributed by atoms with Crippen LogP contribution in [0, 0.1) is 12.7 Å². The van der Waals surface area contributed by atoms with E-state index in [-0.39, 0.29) is 30.6 Å². The molecule has 1 aliphatic rings. The maximum atomic E-state index is 14.1. The van der Waals surface area contributed by atoms with E-state index in [9.17, 15) is 9.18 Å². The molecule has 1 aliphatic heterocycles. The molecule has 0 aliphatic carbocycles. The van der Waals surface area contributed by atoms with Crippen LogP contribution in [0.2, 0.25) is 5.02 Å². The molecular weight excluding hydrogens is 366 g/mol. The van der Waals surface area contributed by atoms with Gasteiger partial charge in [-0.15, -0.1) is 12.4 Å². The van der Waals surface area contributed by atoms with Gasteiger partial charge in [-0.3, -0.25) is 4.57 Å². The summed E-state index contributed by atoms with van der Waals surface area (Å²) in [6.07, 6.45) is 2.07. The van der Waals surface area contributed by atoms with Gasteiger partial charge in [0.25, 0.3) is 0 Å². The lowest BCUT2D eigenvalue weighted by atomic mass is 9.99. The number of hydrogen-bond acceptors (Lipinski definition) is 3. The van der Waals surface area contributed by atoms with Crippen LogP contribution in [0.3, 0.4) is 0 Å². The zero-order chi connectivity index (χ0) is 17.3. The number of nitrogens with zero attached hydrogens (tertiary/aromatic N) is 3. The summed E-state index contributed by atoms with van der Waals surface area (Å²) in [5, 5.41) is 8.21. The van der Waals surface area contributed by atoms with Crippen molar-refractivity contribution in [3.63, 3.8) is 0 Å². The summed E-state index contributed by atoms with van der Waals surface area (Å²) in [7, 11) is 0. The van der Waals surface area contributed by atoms with Gasteiger partial charge in [-0.2, -0.15) is 5.10 Å². The van der Waals surface area contributed by atoms with Crippen molar-refractivity contribution in [2.24, 2.45) is 0 Å². The van der Waals surface area contributed by atoms with Crippen LogP contribution in [0.25, 0.3) is 0 Å². The minimum absolute atomic E-state index is 0. The number of nitrogens with one attached hydrogen (secondary N) is 1. The van der Waals surface area contributed by atoms with Crippen molar-refractivity contribution in [2.45, 2.75) is 45.7 Å². The molecule has 1 aromatic carbocycles. The molecule has 3 rings (SSSR count). The Labute approximate surface area is 157 Å². The van der Waals surface area contributed by atoms with Crippen molar-refractivity contribution >= 4 is 24.0 Å². The van der Waals surface area contributed by atoms with Crippen molar-refractivity contribution in [1.82, 2.24) is 19.7 Å². The van der Waals surface area contributed by atoms with Crippen LogP contribution >= 0.6 is 24.0 Å². The van der Waals surface area contributed by atoms with Crippen molar-refractivity contribution in [3.05, 3.63) is 50.4 Å². The first kappa shape index (κ1) is 19.9. The summed E-state index contributed by atoms with van der Waals surface area (Å²) in [5.41, 5.74) is 0.885. The highest BCUT2D eigenvalue weighted by Crippen LogP contribution is 2.25. The van der Waals surface area contributed by atoms with E-state index in [0.29, 0.717) is 17.1 Å². The Kier molecular flexibility index (Phi) is 6.65. The summed E-state index contributed by atoms with van der Waals surface area (Å²) < 4.78 is 17.2. The Morgan fingerprint density at radius 1 is 1.44 bits per heavy atom. The smallest absolute Gasteiger partial charge is 0.316 e. The predicted octanol–water partition coefficient (Wildman–Crippen LogP) is 3.10. The zero-order valence-corrected chi connectivity index (χ0v) is 16.0. The number of piperidine rings is 1. The van der Waals surface area contributed by atoms with Crippen molar-refractivity contribution in [1.29, 1.82) is 0 Å². The lowest BCUT2D eigenvalue weighted by Gasteiger charge is -2.21. The number of halogens is 3. The van der Waals surface area contributed by atoms with E-state index in [1.807, 2.05) is 13.8 Å². The van der Waals surface area contributed by atoms with E-state index in [1.165, 1.54) is 10.7 Å². The molecule has 2 aromatic rings. The molecule has 1 fully saturated rings. The van der Waals surface area contributed by atoms with E-state index in [0.717, 1.165) is 37.3 Å². The van der Waals surface area contributed by atoms with Crippen LogP contribution in [0.5, 0.6) is 0 Å². The largest absolute Gasteiger partial charge is 0.346 e. The average Bonchev–Trinajstić information content (AvgIpc) is 2.91. The molecule has 5 nitrogen and oxygen atoms in total. The third-order valence-electron chi connectivity index (χ3n) is 4.62. The number of aromatic nitrogens is 3. The minimum Gasteiger partial charge on any atom is -0.316 e. The van der Waals surface area contributed by atoms with Crippen LogP contribution in [0.1, 0.15) is 42.6 Å². The molecule has 0 bridgehead atoms. The normalized spacial score (nSPS) is 17.4. The van der Waals surface area contributed by atoms with E-state index in [2.05, 4.69) is 10.4 Å². The Hall–Kier alpha value is -1.37. The van der Waals surface area contributed by atoms with Crippen molar-refractivity contribution < 1.29 is 4.39 Å². The third-order valence-corrected chi connectivity index (χ3v) is 5.14. The second-order valence-electron chi connectivity index (χ2n) is 6.24. The number of aryl methyl sites for hydroxylation is 1. The summed E-state index contributed by atoms with van der Waals surface area (Å²) in [5.74, 6) is 0.578. The second kappa shape index (κ2) is 8.34. The van der Waals surface area contributed by atoms with E-state index in [4.69, 9.17) is 11.6 Å². The van der Waals surface area contributed by atoms with Crippen molar-refractivity contribution in [3.8, 4) is 0 Å². The van der Waals surface area contributed by atoms with Crippen LogP contribution in [-0.4, -0.2) is 27.4 Å². The molecule has 2 heterocycles. The molecule has 25 heavy (non-hydrogen) atoms. The quantitative estimate of drug-likeness (QED) is 0.875. The molecule has 8 heteroatoms. The standard InChI is InChI=1S/C17H22ClFN4O.ClH/c1-3-22-16(12-5-4-8-20-9-12)21-23(17(22)24)10-13-14(19)7-6-11(2)15(13)18;/h6-7,12,20H,3-5,8-10H2,1-2H3;1H. The molecule has 0 amide bonds. The highest BCUT2D eigenvalue weighted by Gasteiger charge is 2.24. The van der Waals surface area contributed by atoms with Gasteiger partial charge < -0.3 is 5.32 Å². The molecule has 0 radical (unpaired) electrons. The van der Waals surface area contributed by atoms with Gasteiger partial charge in [0.2, 0.25) is 0 Å². The minimum atomic E-state index is -0.413. The SMILES string of the molecule is CCn1c(C2CCCNC2)nn(Cc2c(F)ccc(C)c2Cl)c1=O.Cl. The fraction of sp³-hybridized carbons (Fsp3) is 0.529. The number of benzene rings is 1. The van der Waals surface area contributed by atoms with Gasteiger partial charge >= 0.3 is 5.69 Å². The zero-order valence-electron chi connectivity index (χ0n) is 14.4. The second-order valence-corrected chi connectivity index (χ2v) is 6.62. The van der Waals surface area contributed by atoms with Gasteiger partial charge in [-0.1, -0.05) is 17.7 Å². The van der Waals surface area contributed by atoms with Gasteiger partial charge in [0, 0.05) is 24.6 Å². The Morgan fingerprint density at radius 2 is 2.20 bits per heavy atom. The summed E-state index contributed by atoms with van der Waals surface area (Å²) in [4.78, 5) is 12.7. The Bertz CT molecular complexity index is 797. The summed E-state index contributed by atoms with van der Waals surface area (Å²) in [6, 6.07) is 3.01. The highest BCUT2D eigenvalue weighted by molar-refractivity contribution is 6.32. The Balaban J connectivity index is 0.00000225. The van der Waals surface area contributed by atoms with Crippen LogP contribution in [0.15, 0.2) is 16.9 Å². The summed E-state index contributed by atoms with van der Waals surface area (Å²) >= 11 is 6.23. The number of rotatable bonds is 4. The fourth-order valence-corrected chi connectivity index (χ4v) is 3.45. The molecule has 1 atom stereocenters. The van der Waals surface area contributed by atoms with Gasteiger partial charge in [0.1, 0.15) is 11.6 Å². The summed E-state index contributed by atoms with van der Waals surface area (Å²) in [6.45, 7) is 6.15. The van der Waals surface area contributed by atoms with Gasteiger partial charge in [0.15, 0.2) is 0 Å². The highest BCUT2D eigenvalue weighted by atomic mass is 35.5. The molecule has 1 saturated heterocycles. The predicted molar refractivity (Wildman–Crippen MR) is 99.5 cm³/mol. The molecule has 1 unspecified atom stereocenters. The molecule has 1 N–H and O–H groups in total. The topological polar surface area (TPSA) is 51.9 Å². The van der Waals surface area contributed by atoms with Crippen molar-refractivity contribution in [2.75, 3.05) is 13.1 Å². The molecule has 0 saturated carbocycles. The monoisotopic (exact) mass is 388 g/mol.